The Hall–Kier alpha value is -0.910. The third kappa shape index (κ3) is 13.7. The van der Waals surface area contributed by atoms with Crippen LogP contribution in [-0.4, -0.2) is 44.7 Å². The highest BCUT2D eigenvalue weighted by molar-refractivity contribution is 5.86. The molecule has 0 aliphatic heterocycles. The molecule has 84 valence electrons. The number of carbonyl (C=O) groups excluding carboxylic acids is 1. The van der Waals surface area contributed by atoms with Crippen LogP contribution in [0.4, 0.5) is 0 Å². The van der Waals surface area contributed by atoms with Crippen molar-refractivity contribution in [1.29, 1.82) is 0 Å². The molecule has 0 saturated heterocycles. The molecule has 1 amide bonds. The van der Waals surface area contributed by atoms with Crippen molar-refractivity contribution >= 4 is 5.91 Å². The fraction of sp³-hybridized carbons (Fsp3) is 0.667. The van der Waals surface area contributed by atoms with Crippen LogP contribution in [0.25, 0.3) is 0 Å². The van der Waals surface area contributed by atoms with Crippen molar-refractivity contribution in [2.75, 3.05) is 27.4 Å². The molecule has 0 aromatic rings. The maximum absolute atomic E-state index is 10.2. The number of aliphatic hydroxyl groups is 1. The van der Waals surface area contributed by atoms with Crippen LogP contribution >= 0.6 is 0 Å². The molecule has 0 fully saturated rings. The van der Waals surface area contributed by atoms with Crippen molar-refractivity contribution in [2.45, 2.75) is 13.2 Å². The Labute approximate surface area is 84.7 Å². The van der Waals surface area contributed by atoms with Crippen LogP contribution in [0.1, 0.15) is 6.92 Å². The lowest BCUT2D eigenvalue weighted by Crippen LogP contribution is -2.23. The van der Waals surface area contributed by atoms with Crippen molar-refractivity contribution in [3.63, 3.8) is 0 Å². The molecule has 0 saturated carbocycles. The summed E-state index contributed by atoms with van der Waals surface area (Å²) in [6.07, 6.45) is 1.10. The quantitative estimate of drug-likeness (QED) is 0.486. The predicted octanol–water partition coefficient (Wildman–Crippen LogP) is -0.0939. The summed E-state index contributed by atoms with van der Waals surface area (Å²) in [5.41, 5.74) is 0. The molecule has 5 nitrogen and oxygen atoms in total. The summed E-state index contributed by atoms with van der Waals surface area (Å²) in [7, 11) is 3.21. The fourth-order valence-electron chi connectivity index (χ4n) is 0.347. The van der Waals surface area contributed by atoms with Gasteiger partial charge in [0.15, 0.2) is 6.29 Å². The molecule has 0 aliphatic rings. The first-order valence-corrected chi connectivity index (χ1v) is 4.19. The number of methoxy groups -OCH3 is 2. The van der Waals surface area contributed by atoms with Gasteiger partial charge in [-0.15, -0.1) is 0 Å². The van der Waals surface area contributed by atoms with Gasteiger partial charge in [-0.3, -0.25) is 4.79 Å². The third-order valence-corrected chi connectivity index (χ3v) is 1.26. The number of hydrogen-bond donors (Lipinski definition) is 2. The Morgan fingerprint density at radius 1 is 1.57 bits per heavy atom. The highest BCUT2D eigenvalue weighted by Crippen LogP contribution is 1.82. The average Bonchev–Trinajstić information content (AvgIpc) is 2.25. The number of amides is 1. The molecule has 0 heterocycles. The molecule has 14 heavy (non-hydrogen) atoms. The first kappa shape index (κ1) is 15.6. The molecule has 0 spiro atoms. The lowest BCUT2D eigenvalue weighted by Gasteiger charge is -2.03. The van der Waals surface area contributed by atoms with Crippen LogP contribution in [0.3, 0.4) is 0 Å². The summed E-state index contributed by atoms with van der Waals surface area (Å²) in [6.45, 7) is 5.32. The monoisotopic (exact) mass is 205 g/mol. The topological polar surface area (TPSA) is 67.8 Å². The average molecular weight is 205 g/mol. The maximum atomic E-state index is 10.2. The molecule has 0 atom stereocenters. The van der Waals surface area contributed by atoms with E-state index in [-0.39, 0.29) is 18.8 Å². The van der Waals surface area contributed by atoms with E-state index in [2.05, 4.69) is 21.4 Å². The van der Waals surface area contributed by atoms with Crippen molar-refractivity contribution in [2.24, 2.45) is 0 Å². The lowest BCUT2D eigenvalue weighted by molar-refractivity contribution is -0.116. The van der Waals surface area contributed by atoms with Gasteiger partial charge >= 0.3 is 0 Å². The number of hydrogen-bond acceptors (Lipinski definition) is 4. The molecular formula is C9H19NO4. The SMILES string of the molecule is C=CC(=O)NCCO.COC(C)OC. The van der Waals surface area contributed by atoms with Crippen molar-refractivity contribution in [3.8, 4) is 0 Å². The Balaban J connectivity index is 0. The Bertz CT molecular complexity index is 146. The Morgan fingerprint density at radius 2 is 2.07 bits per heavy atom. The van der Waals surface area contributed by atoms with E-state index in [9.17, 15) is 4.79 Å². The number of ether oxygens (including phenoxy) is 2. The van der Waals surface area contributed by atoms with Crippen LogP contribution in [0.2, 0.25) is 0 Å². The predicted molar refractivity (Wildman–Crippen MR) is 53.8 cm³/mol. The van der Waals surface area contributed by atoms with E-state index in [1.807, 2.05) is 6.92 Å². The highest BCUT2D eigenvalue weighted by atomic mass is 16.7. The molecule has 0 unspecified atom stereocenters. The standard InChI is InChI=1S/C5H9NO2.C4H10O2/c1-2-5(8)6-3-4-7;1-4(5-2)6-3/h2,7H,1,3-4H2,(H,6,8);4H,1-3H3. The minimum Gasteiger partial charge on any atom is -0.395 e. The summed E-state index contributed by atoms with van der Waals surface area (Å²) >= 11 is 0. The molecule has 0 radical (unpaired) electrons. The van der Waals surface area contributed by atoms with Crippen molar-refractivity contribution in [1.82, 2.24) is 5.32 Å². The second-order valence-corrected chi connectivity index (χ2v) is 2.26. The van der Waals surface area contributed by atoms with E-state index in [0.29, 0.717) is 6.54 Å². The second-order valence-electron chi connectivity index (χ2n) is 2.26. The summed E-state index contributed by atoms with van der Waals surface area (Å²) in [5, 5.41) is 10.5. The lowest BCUT2D eigenvalue weighted by atomic mass is 10.5. The smallest absolute Gasteiger partial charge is 0.243 e. The number of aliphatic hydroxyl groups excluding tert-OH is 1. The van der Waals surface area contributed by atoms with E-state index < -0.39 is 0 Å². The zero-order valence-corrected chi connectivity index (χ0v) is 8.95. The largest absolute Gasteiger partial charge is 0.395 e. The maximum Gasteiger partial charge on any atom is 0.243 e. The summed E-state index contributed by atoms with van der Waals surface area (Å²) < 4.78 is 9.35. The molecule has 0 aliphatic carbocycles. The van der Waals surface area contributed by atoms with Crippen LogP contribution in [0.5, 0.6) is 0 Å². The van der Waals surface area contributed by atoms with Gasteiger partial charge in [-0.2, -0.15) is 0 Å². The van der Waals surface area contributed by atoms with Crippen molar-refractivity contribution < 1.29 is 19.4 Å². The highest BCUT2D eigenvalue weighted by Gasteiger charge is 1.88. The normalized spacial score (nSPS) is 8.93. The first-order chi connectivity index (χ1) is 6.62. The van der Waals surface area contributed by atoms with E-state index in [1.54, 1.807) is 14.2 Å². The number of rotatable bonds is 5. The minimum absolute atomic E-state index is 0.0282. The molecule has 0 rings (SSSR count). The number of nitrogens with one attached hydrogen (secondary N) is 1. The van der Waals surface area contributed by atoms with Gasteiger partial charge in [0.25, 0.3) is 0 Å². The van der Waals surface area contributed by atoms with E-state index >= 15 is 0 Å². The van der Waals surface area contributed by atoms with Crippen LogP contribution < -0.4 is 5.32 Å². The van der Waals surface area contributed by atoms with Gasteiger partial charge in [0, 0.05) is 20.8 Å². The second kappa shape index (κ2) is 12.1. The molecular weight excluding hydrogens is 186 g/mol. The molecule has 5 heteroatoms. The van der Waals surface area contributed by atoms with Gasteiger partial charge in [-0.05, 0) is 13.0 Å². The zero-order chi connectivity index (χ0) is 11.4. The molecule has 0 aromatic heterocycles. The van der Waals surface area contributed by atoms with Gasteiger partial charge in [0.1, 0.15) is 0 Å². The Morgan fingerprint density at radius 3 is 2.29 bits per heavy atom. The van der Waals surface area contributed by atoms with E-state index in [4.69, 9.17) is 5.11 Å². The van der Waals surface area contributed by atoms with Gasteiger partial charge in [0.2, 0.25) is 5.91 Å². The zero-order valence-electron chi connectivity index (χ0n) is 8.95. The van der Waals surface area contributed by atoms with E-state index in [1.165, 1.54) is 0 Å². The minimum atomic E-state index is -0.251. The molecule has 2 N–H and O–H groups in total. The summed E-state index contributed by atoms with van der Waals surface area (Å²) in [4.78, 5) is 10.2. The van der Waals surface area contributed by atoms with E-state index in [0.717, 1.165) is 6.08 Å². The van der Waals surface area contributed by atoms with Gasteiger partial charge in [-0.25, -0.2) is 0 Å². The summed E-state index contributed by atoms with van der Waals surface area (Å²) in [5.74, 6) is -0.251. The number of carbonyl (C=O) groups is 1. The van der Waals surface area contributed by atoms with Crippen molar-refractivity contribution in [3.05, 3.63) is 12.7 Å². The van der Waals surface area contributed by atoms with Crippen LogP contribution in [0.15, 0.2) is 12.7 Å². The van der Waals surface area contributed by atoms with Gasteiger partial charge < -0.3 is 19.9 Å². The van der Waals surface area contributed by atoms with Gasteiger partial charge in [-0.1, -0.05) is 6.58 Å². The van der Waals surface area contributed by atoms with Crippen LogP contribution in [-0.2, 0) is 14.3 Å². The fourth-order valence-corrected chi connectivity index (χ4v) is 0.347. The van der Waals surface area contributed by atoms with Crippen LogP contribution in [0, 0.1) is 0 Å². The summed E-state index contributed by atoms with van der Waals surface area (Å²) in [6, 6.07) is 0. The first-order valence-electron chi connectivity index (χ1n) is 4.19. The molecule has 0 aromatic carbocycles. The Kier molecular flexibility index (Phi) is 13.4. The van der Waals surface area contributed by atoms with Gasteiger partial charge in [0.05, 0.1) is 6.61 Å². The third-order valence-electron chi connectivity index (χ3n) is 1.26. The molecule has 0 bridgehead atoms.